The van der Waals surface area contributed by atoms with E-state index in [2.05, 4.69) is 34.0 Å². The maximum atomic E-state index is 13.2. The molecule has 3 fully saturated rings. The lowest BCUT2D eigenvalue weighted by Gasteiger charge is -2.37. The van der Waals surface area contributed by atoms with Crippen molar-refractivity contribution >= 4 is 11.6 Å². The zero-order chi connectivity index (χ0) is 28.1. The molecule has 0 radical (unpaired) electrons. The first kappa shape index (κ1) is 28.2. The Morgan fingerprint density at radius 2 is 1.93 bits per heavy atom. The third kappa shape index (κ3) is 6.86. The number of carbonyl (C=O) groups excluding carboxylic acids is 1. The quantitative estimate of drug-likeness (QED) is 0.280. The van der Waals surface area contributed by atoms with Crippen LogP contribution in [0.4, 0.5) is 5.69 Å². The van der Waals surface area contributed by atoms with E-state index in [0.717, 1.165) is 71.4 Å². The Balaban J connectivity index is 1.08. The summed E-state index contributed by atoms with van der Waals surface area (Å²) >= 11 is 0. The molecule has 0 N–H and O–H groups in total. The third-order valence-corrected chi connectivity index (χ3v) is 8.25. The molecule has 0 spiro atoms. The van der Waals surface area contributed by atoms with Gasteiger partial charge in [0.2, 0.25) is 5.91 Å². The van der Waals surface area contributed by atoms with E-state index in [4.69, 9.17) is 9.47 Å². The minimum atomic E-state index is -0.444. The van der Waals surface area contributed by atoms with Gasteiger partial charge < -0.3 is 14.4 Å². The Hall–Kier alpha value is -3.33. The van der Waals surface area contributed by atoms with Crippen LogP contribution < -0.4 is 0 Å². The minimum absolute atomic E-state index is 0.0285. The van der Waals surface area contributed by atoms with Crippen LogP contribution in [0.25, 0.3) is 0 Å². The van der Waals surface area contributed by atoms with Crippen LogP contribution in [0, 0.1) is 27.9 Å². The highest BCUT2D eigenvalue weighted by Gasteiger charge is 2.36. The first-order chi connectivity index (χ1) is 19.4. The number of aromatic nitrogens is 3. The molecule has 2 aromatic rings. The van der Waals surface area contributed by atoms with Gasteiger partial charge in [0.05, 0.1) is 41.4 Å². The zero-order valence-electron chi connectivity index (χ0n) is 23.3. The number of nitrogens with zero attached hydrogens (tertiary/aromatic N) is 6. The number of amides is 1. The van der Waals surface area contributed by atoms with E-state index in [1.807, 2.05) is 11.8 Å². The maximum Gasteiger partial charge on any atom is 0.284 e. The Bertz CT molecular complexity index is 1240. The van der Waals surface area contributed by atoms with Crippen LogP contribution >= 0.6 is 0 Å². The second kappa shape index (κ2) is 12.9. The summed E-state index contributed by atoms with van der Waals surface area (Å²) < 4.78 is 13.9. The molecule has 3 aliphatic heterocycles. The second-order valence-electron chi connectivity index (χ2n) is 11.1. The van der Waals surface area contributed by atoms with Gasteiger partial charge >= 0.3 is 0 Å². The molecule has 1 unspecified atom stereocenters. The molecule has 1 aromatic carbocycles. The average molecular weight is 551 g/mol. The van der Waals surface area contributed by atoms with Crippen LogP contribution in [0.2, 0.25) is 0 Å². The molecule has 3 aliphatic rings. The number of para-hydroxylation sites is 1. The number of hydrogen-bond donors (Lipinski definition) is 0. The summed E-state index contributed by atoms with van der Waals surface area (Å²) in [6.45, 7) is 9.22. The maximum absolute atomic E-state index is 13.2. The highest BCUT2D eigenvalue weighted by atomic mass is 16.6. The fraction of sp³-hybridized carbons (Fsp3) is 0.621. The number of carbonyl (C=O) groups is 1. The number of piperazine rings is 1. The predicted molar refractivity (Wildman–Crippen MR) is 147 cm³/mol. The number of nitro benzene ring substituents is 1. The Kier molecular flexibility index (Phi) is 9.09. The van der Waals surface area contributed by atoms with E-state index < -0.39 is 4.92 Å². The standard InChI is InChI=1S/C29H38N6O5/c1-21(34-19-24(30-31-34)10-9-23-6-3-4-8-27(23)35(37)38)18-25-11-12-28(40-25)22(2)29(36)33-15-13-32(14-16-33)20-26-7-5-17-39-26/h3-4,6,8,19,21-22,25-26,28H,5,7,11-18,20H2,1-2H3/t21-,22-,25+,26?,28-/m1/s1. The summed E-state index contributed by atoms with van der Waals surface area (Å²) in [7, 11) is 0. The SMILES string of the molecule is C[C@H](C[C@@H]1CC[C@H]([C@@H](C)C(=O)N2CCN(CC3CCCO3)CC2)O1)n1cc(C#Cc2ccccc2[N+](=O)[O-])nn1. The molecule has 3 saturated heterocycles. The topological polar surface area (TPSA) is 116 Å². The van der Waals surface area contributed by atoms with Crippen LogP contribution in [-0.4, -0.2) is 93.3 Å². The van der Waals surface area contributed by atoms with E-state index in [1.165, 1.54) is 6.07 Å². The summed E-state index contributed by atoms with van der Waals surface area (Å²) in [6, 6.07) is 6.40. The molecular formula is C29H38N6O5. The lowest BCUT2D eigenvalue weighted by molar-refractivity contribution is -0.385. The number of nitro groups is 1. The molecule has 4 heterocycles. The first-order valence-corrected chi connectivity index (χ1v) is 14.3. The van der Waals surface area contributed by atoms with Gasteiger partial charge in [-0.2, -0.15) is 0 Å². The molecule has 1 amide bonds. The van der Waals surface area contributed by atoms with Crippen molar-refractivity contribution in [2.24, 2.45) is 5.92 Å². The number of hydrogen-bond acceptors (Lipinski definition) is 8. The summed E-state index contributed by atoms with van der Waals surface area (Å²) in [5.74, 6) is 5.74. The molecule has 5 rings (SSSR count). The van der Waals surface area contributed by atoms with Gasteiger partial charge in [-0.05, 0) is 51.0 Å². The van der Waals surface area contributed by atoms with E-state index in [-0.39, 0.29) is 35.8 Å². The van der Waals surface area contributed by atoms with E-state index >= 15 is 0 Å². The highest BCUT2D eigenvalue weighted by molar-refractivity contribution is 5.79. The highest BCUT2D eigenvalue weighted by Crippen LogP contribution is 2.31. The van der Waals surface area contributed by atoms with Gasteiger partial charge in [0.15, 0.2) is 5.69 Å². The Morgan fingerprint density at radius 1 is 1.12 bits per heavy atom. The fourth-order valence-corrected chi connectivity index (χ4v) is 5.86. The molecule has 11 heteroatoms. The summed E-state index contributed by atoms with van der Waals surface area (Å²) in [6.07, 6.45) is 6.89. The molecule has 5 atom stereocenters. The molecule has 40 heavy (non-hydrogen) atoms. The molecule has 214 valence electrons. The van der Waals surface area contributed by atoms with Crippen molar-refractivity contribution in [2.75, 3.05) is 39.3 Å². The van der Waals surface area contributed by atoms with Crippen molar-refractivity contribution in [2.45, 2.75) is 70.3 Å². The minimum Gasteiger partial charge on any atom is -0.377 e. The summed E-state index contributed by atoms with van der Waals surface area (Å²) in [4.78, 5) is 28.4. The Labute approximate surface area is 234 Å². The molecule has 11 nitrogen and oxygen atoms in total. The molecule has 0 saturated carbocycles. The number of ether oxygens (including phenoxy) is 2. The normalized spacial score (nSPS) is 24.9. The second-order valence-corrected chi connectivity index (χ2v) is 11.1. The number of rotatable bonds is 8. The van der Waals surface area contributed by atoms with Crippen molar-refractivity contribution in [3.05, 3.63) is 51.8 Å². The van der Waals surface area contributed by atoms with Gasteiger partial charge in [-0.25, -0.2) is 4.68 Å². The lowest BCUT2D eigenvalue weighted by atomic mass is 9.99. The fourth-order valence-electron chi connectivity index (χ4n) is 5.86. The van der Waals surface area contributed by atoms with Crippen LogP contribution in [0.15, 0.2) is 30.5 Å². The van der Waals surface area contributed by atoms with Crippen LogP contribution in [0.3, 0.4) is 0 Å². The van der Waals surface area contributed by atoms with Crippen LogP contribution in [0.1, 0.15) is 63.3 Å². The largest absolute Gasteiger partial charge is 0.377 e. The van der Waals surface area contributed by atoms with Gasteiger partial charge in [0.1, 0.15) is 5.56 Å². The molecule has 1 aromatic heterocycles. The van der Waals surface area contributed by atoms with Crippen LogP contribution in [0.5, 0.6) is 0 Å². The zero-order valence-corrected chi connectivity index (χ0v) is 23.3. The van der Waals surface area contributed by atoms with Crippen molar-refractivity contribution in [1.82, 2.24) is 24.8 Å². The summed E-state index contributed by atoms with van der Waals surface area (Å²) in [5.41, 5.74) is 0.753. The average Bonchev–Trinajstić information content (AvgIpc) is 3.74. The summed E-state index contributed by atoms with van der Waals surface area (Å²) in [5, 5.41) is 19.5. The van der Waals surface area contributed by atoms with Crippen molar-refractivity contribution in [3.63, 3.8) is 0 Å². The first-order valence-electron chi connectivity index (χ1n) is 14.3. The Morgan fingerprint density at radius 3 is 2.67 bits per heavy atom. The van der Waals surface area contributed by atoms with E-state index in [9.17, 15) is 14.9 Å². The van der Waals surface area contributed by atoms with Gasteiger partial charge in [-0.15, -0.1) is 5.10 Å². The van der Waals surface area contributed by atoms with Crippen molar-refractivity contribution in [3.8, 4) is 11.8 Å². The predicted octanol–water partition coefficient (Wildman–Crippen LogP) is 3.04. The van der Waals surface area contributed by atoms with E-state index in [1.54, 1.807) is 29.1 Å². The monoisotopic (exact) mass is 550 g/mol. The molecular weight excluding hydrogens is 512 g/mol. The van der Waals surface area contributed by atoms with Gasteiger partial charge in [-0.1, -0.05) is 30.2 Å². The van der Waals surface area contributed by atoms with Gasteiger partial charge in [0.25, 0.3) is 5.69 Å². The van der Waals surface area contributed by atoms with Crippen molar-refractivity contribution < 1.29 is 19.2 Å². The molecule has 0 aliphatic carbocycles. The number of benzene rings is 1. The smallest absolute Gasteiger partial charge is 0.284 e. The van der Waals surface area contributed by atoms with Gasteiger partial charge in [0, 0.05) is 45.4 Å². The van der Waals surface area contributed by atoms with Gasteiger partial charge in [-0.3, -0.25) is 19.8 Å². The molecule has 0 bridgehead atoms. The third-order valence-electron chi connectivity index (χ3n) is 8.25. The van der Waals surface area contributed by atoms with E-state index in [0.29, 0.717) is 17.4 Å². The van der Waals surface area contributed by atoms with Crippen molar-refractivity contribution in [1.29, 1.82) is 0 Å². The van der Waals surface area contributed by atoms with Crippen LogP contribution in [-0.2, 0) is 14.3 Å². The lowest BCUT2D eigenvalue weighted by Crippen LogP contribution is -2.52.